The van der Waals surface area contributed by atoms with Crippen molar-refractivity contribution in [1.82, 2.24) is 0 Å². The Morgan fingerprint density at radius 3 is 2.37 bits per heavy atom. The SMILES string of the molecule is Cc1ccc(C(C)C)c2cc(C(=O)C(C)(C)C)oc12. The van der Waals surface area contributed by atoms with E-state index in [1.54, 1.807) is 0 Å². The Kier molecular flexibility index (Phi) is 3.29. The van der Waals surface area contributed by atoms with Crippen molar-refractivity contribution in [3.05, 3.63) is 35.1 Å². The lowest BCUT2D eigenvalue weighted by Crippen LogP contribution is -2.19. The molecule has 1 heterocycles. The van der Waals surface area contributed by atoms with Gasteiger partial charge in [-0.2, -0.15) is 0 Å². The molecule has 0 saturated heterocycles. The number of carbonyl (C=O) groups excluding carboxylic acids is 1. The number of rotatable bonds is 2. The molecule has 0 aliphatic heterocycles. The van der Waals surface area contributed by atoms with Crippen LogP contribution in [-0.4, -0.2) is 5.78 Å². The average Bonchev–Trinajstić information content (AvgIpc) is 2.72. The molecule has 0 N–H and O–H groups in total. The minimum Gasteiger partial charge on any atom is -0.453 e. The average molecular weight is 258 g/mol. The maximum atomic E-state index is 12.3. The second-order valence-corrected chi connectivity index (χ2v) is 6.56. The topological polar surface area (TPSA) is 30.2 Å². The van der Waals surface area contributed by atoms with Gasteiger partial charge in [0.2, 0.25) is 5.78 Å². The first kappa shape index (κ1) is 13.9. The summed E-state index contributed by atoms with van der Waals surface area (Å²) in [6.45, 7) is 12.1. The zero-order valence-electron chi connectivity index (χ0n) is 12.6. The summed E-state index contributed by atoms with van der Waals surface area (Å²) < 4.78 is 5.83. The van der Waals surface area contributed by atoms with Crippen LogP contribution in [0.1, 0.15) is 62.2 Å². The van der Waals surface area contributed by atoms with Crippen LogP contribution in [0.25, 0.3) is 11.0 Å². The number of benzene rings is 1. The zero-order valence-corrected chi connectivity index (χ0v) is 12.6. The van der Waals surface area contributed by atoms with Gasteiger partial charge in [0, 0.05) is 10.8 Å². The molecule has 0 aliphatic rings. The van der Waals surface area contributed by atoms with Gasteiger partial charge in [0.25, 0.3) is 0 Å². The van der Waals surface area contributed by atoms with Crippen molar-refractivity contribution < 1.29 is 9.21 Å². The van der Waals surface area contributed by atoms with Crippen LogP contribution in [-0.2, 0) is 0 Å². The molecule has 1 aromatic carbocycles. The fourth-order valence-corrected chi connectivity index (χ4v) is 2.26. The normalized spacial score (nSPS) is 12.4. The maximum absolute atomic E-state index is 12.3. The highest BCUT2D eigenvalue weighted by Gasteiger charge is 2.27. The zero-order chi connectivity index (χ0) is 14.4. The van der Waals surface area contributed by atoms with Gasteiger partial charge in [-0.1, -0.05) is 46.8 Å². The maximum Gasteiger partial charge on any atom is 0.203 e. The first-order chi connectivity index (χ1) is 8.71. The van der Waals surface area contributed by atoms with Crippen LogP contribution in [0.2, 0.25) is 0 Å². The van der Waals surface area contributed by atoms with Crippen LogP contribution in [0.15, 0.2) is 22.6 Å². The lowest BCUT2D eigenvalue weighted by Gasteiger charge is -2.13. The molecule has 0 spiro atoms. The van der Waals surface area contributed by atoms with Gasteiger partial charge in [-0.3, -0.25) is 4.79 Å². The standard InChI is InChI=1S/C17H22O2/c1-10(2)12-8-7-11(3)15-13(12)9-14(19-15)16(18)17(4,5)6/h7-10H,1-6H3. The van der Waals surface area contributed by atoms with E-state index < -0.39 is 5.41 Å². The summed E-state index contributed by atoms with van der Waals surface area (Å²) in [5, 5.41) is 1.07. The number of furan rings is 1. The summed E-state index contributed by atoms with van der Waals surface area (Å²) in [6.07, 6.45) is 0. The molecule has 0 fully saturated rings. The third-order valence-corrected chi connectivity index (χ3v) is 3.44. The lowest BCUT2D eigenvalue weighted by atomic mass is 9.89. The number of Topliss-reactive ketones (excluding diaryl/α,β-unsaturated/α-hetero) is 1. The number of hydrogen-bond acceptors (Lipinski definition) is 2. The van der Waals surface area contributed by atoms with Gasteiger partial charge in [0.05, 0.1) is 0 Å². The highest BCUT2D eigenvalue weighted by atomic mass is 16.3. The summed E-state index contributed by atoms with van der Waals surface area (Å²) in [5.74, 6) is 0.940. The van der Waals surface area contributed by atoms with Gasteiger partial charge in [0.15, 0.2) is 5.76 Å². The molecule has 2 heteroatoms. The van der Waals surface area contributed by atoms with Crippen molar-refractivity contribution in [2.24, 2.45) is 5.41 Å². The Morgan fingerprint density at radius 2 is 1.84 bits per heavy atom. The summed E-state index contributed by atoms with van der Waals surface area (Å²) in [7, 11) is 0. The van der Waals surface area contributed by atoms with Crippen molar-refractivity contribution in [3.8, 4) is 0 Å². The number of aryl methyl sites for hydroxylation is 1. The van der Waals surface area contributed by atoms with Crippen LogP contribution in [0.5, 0.6) is 0 Å². The van der Waals surface area contributed by atoms with E-state index in [-0.39, 0.29) is 5.78 Å². The number of carbonyl (C=O) groups is 1. The van der Waals surface area contributed by atoms with Crippen LogP contribution in [0, 0.1) is 12.3 Å². The molecule has 102 valence electrons. The van der Waals surface area contributed by atoms with Gasteiger partial charge >= 0.3 is 0 Å². The van der Waals surface area contributed by atoms with Gasteiger partial charge in [0.1, 0.15) is 5.58 Å². The van der Waals surface area contributed by atoms with Crippen molar-refractivity contribution in [2.75, 3.05) is 0 Å². The molecule has 19 heavy (non-hydrogen) atoms. The smallest absolute Gasteiger partial charge is 0.203 e. The molecule has 1 aromatic heterocycles. The van der Waals surface area contributed by atoms with E-state index >= 15 is 0 Å². The summed E-state index contributed by atoms with van der Waals surface area (Å²) >= 11 is 0. The fourth-order valence-electron chi connectivity index (χ4n) is 2.26. The van der Waals surface area contributed by atoms with Gasteiger partial charge in [-0.25, -0.2) is 0 Å². The Hall–Kier alpha value is -1.57. The quantitative estimate of drug-likeness (QED) is 0.702. The van der Waals surface area contributed by atoms with E-state index in [2.05, 4.69) is 26.0 Å². The van der Waals surface area contributed by atoms with Gasteiger partial charge in [-0.05, 0) is 30.0 Å². The third kappa shape index (κ3) is 2.44. The molecule has 0 amide bonds. The largest absolute Gasteiger partial charge is 0.453 e. The predicted molar refractivity (Wildman–Crippen MR) is 78.8 cm³/mol. The Balaban J connectivity index is 2.66. The van der Waals surface area contributed by atoms with Gasteiger partial charge in [-0.15, -0.1) is 0 Å². The molecule has 2 rings (SSSR count). The minimum atomic E-state index is -0.417. The van der Waals surface area contributed by atoms with Crippen molar-refractivity contribution in [3.63, 3.8) is 0 Å². The molecule has 0 unspecified atom stereocenters. The fraction of sp³-hybridized carbons (Fsp3) is 0.471. The third-order valence-electron chi connectivity index (χ3n) is 3.44. The molecule has 2 aromatic rings. The van der Waals surface area contributed by atoms with E-state index in [4.69, 9.17) is 4.42 Å². The van der Waals surface area contributed by atoms with Crippen molar-refractivity contribution in [2.45, 2.75) is 47.5 Å². The minimum absolute atomic E-state index is 0.0535. The summed E-state index contributed by atoms with van der Waals surface area (Å²) in [5.41, 5.74) is 2.74. The Bertz CT molecular complexity index is 624. The van der Waals surface area contributed by atoms with Crippen LogP contribution in [0.4, 0.5) is 0 Å². The van der Waals surface area contributed by atoms with E-state index in [9.17, 15) is 4.79 Å². The number of hydrogen-bond donors (Lipinski definition) is 0. The molecular weight excluding hydrogens is 236 g/mol. The molecular formula is C17H22O2. The molecule has 0 aliphatic carbocycles. The van der Waals surface area contributed by atoms with Crippen LogP contribution < -0.4 is 0 Å². The first-order valence-electron chi connectivity index (χ1n) is 6.79. The first-order valence-corrected chi connectivity index (χ1v) is 6.79. The second kappa shape index (κ2) is 4.52. The lowest BCUT2D eigenvalue weighted by molar-refractivity contribution is 0.0831. The Labute approximate surface area is 114 Å². The molecule has 0 atom stereocenters. The summed E-state index contributed by atoms with van der Waals surface area (Å²) in [4.78, 5) is 12.3. The van der Waals surface area contributed by atoms with E-state index in [0.29, 0.717) is 11.7 Å². The van der Waals surface area contributed by atoms with E-state index in [0.717, 1.165) is 16.5 Å². The highest BCUT2D eigenvalue weighted by Crippen LogP contribution is 2.32. The van der Waals surface area contributed by atoms with E-state index in [1.165, 1.54) is 5.56 Å². The second-order valence-electron chi connectivity index (χ2n) is 6.56. The molecule has 0 radical (unpaired) electrons. The van der Waals surface area contributed by atoms with E-state index in [1.807, 2.05) is 33.8 Å². The highest BCUT2D eigenvalue weighted by molar-refractivity contribution is 6.01. The van der Waals surface area contributed by atoms with Crippen molar-refractivity contribution >= 4 is 16.8 Å². The number of ketones is 1. The monoisotopic (exact) mass is 258 g/mol. The molecule has 2 nitrogen and oxygen atoms in total. The van der Waals surface area contributed by atoms with Crippen molar-refractivity contribution in [1.29, 1.82) is 0 Å². The predicted octanol–water partition coefficient (Wildman–Crippen LogP) is 5.09. The van der Waals surface area contributed by atoms with Gasteiger partial charge < -0.3 is 4.42 Å². The Morgan fingerprint density at radius 1 is 1.21 bits per heavy atom. The molecule has 0 saturated carbocycles. The number of fused-ring (bicyclic) bond motifs is 1. The summed E-state index contributed by atoms with van der Waals surface area (Å²) in [6, 6.07) is 6.10. The van der Waals surface area contributed by atoms with Crippen LogP contribution >= 0.6 is 0 Å². The molecule has 0 bridgehead atoms. The van der Waals surface area contributed by atoms with Crippen LogP contribution in [0.3, 0.4) is 0 Å².